The summed E-state index contributed by atoms with van der Waals surface area (Å²) < 4.78 is 23.3. The number of rotatable bonds is 10. The Hall–Kier alpha value is -1.64. The van der Waals surface area contributed by atoms with Crippen LogP contribution >= 0.6 is 11.8 Å². The van der Waals surface area contributed by atoms with Gasteiger partial charge < -0.3 is 4.74 Å². The van der Waals surface area contributed by atoms with E-state index in [4.69, 9.17) is 4.74 Å². The van der Waals surface area contributed by atoms with Crippen molar-refractivity contribution in [2.24, 2.45) is 0 Å². The van der Waals surface area contributed by atoms with Crippen molar-refractivity contribution in [3.05, 3.63) is 46.1 Å². The average molecular weight is 449 g/mol. The Labute approximate surface area is 187 Å². The first-order valence-corrected chi connectivity index (χ1v) is 12.5. The highest BCUT2D eigenvalue weighted by molar-refractivity contribution is 7.99. The van der Waals surface area contributed by atoms with Crippen molar-refractivity contribution in [3.63, 3.8) is 0 Å². The SMILES string of the molecule is CCSc1nn(CCCN2C3CCC2CC(OCc2ccccc2F)C3)c(=O)n1CC. The van der Waals surface area contributed by atoms with Crippen LogP contribution in [0.4, 0.5) is 4.39 Å². The highest BCUT2D eigenvalue weighted by atomic mass is 32.2. The monoisotopic (exact) mass is 448 g/mol. The van der Waals surface area contributed by atoms with E-state index in [0.717, 1.165) is 36.7 Å². The third-order valence-corrected chi connectivity index (χ3v) is 7.39. The average Bonchev–Trinajstić information content (AvgIpc) is 3.18. The highest BCUT2D eigenvalue weighted by Gasteiger charge is 2.40. The number of nitrogens with zero attached hydrogens (tertiary/aromatic N) is 4. The summed E-state index contributed by atoms with van der Waals surface area (Å²) in [7, 11) is 0. The van der Waals surface area contributed by atoms with Crippen molar-refractivity contribution < 1.29 is 9.13 Å². The van der Waals surface area contributed by atoms with E-state index in [9.17, 15) is 9.18 Å². The molecule has 0 aliphatic carbocycles. The summed E-state index contributed by atoms with van der Waals surface area (Å²) in [5.74, 6) is 0.720. The molecular weight excluding hydrogens is 415 g/mol. The predicted molar refractivity (Wildman–Crippen MR) is 121 cm³/mol. The number of hydrogen-bond acceptors (Lipinski definition) is 5. The molecule has 3 heterocycles. The molecule has 0 radical (unpaired) electrons. The fourth-order valence-corrected chi connectivity index (χ4v) is 5.80. The first kappa shape index (κ1) is 22.6. The van der Waals surface area contributed by atoms with Gasteiger partial charge >= 0.3 is 5.69 Å². The molecular formula is C23H33FN4O2S. The molecule has 2 atom stereocenters. The predicted octanol–water partition coefficient (Wildman–Crippen LogP) is 3.92. The van der Waals surface area contributed by atoms with E-state index in [1.54, 1.807) is 33.1 Å². The van der Waals surface area contributed by atoms with Gasteiger partial charge in [0.05, 0.1) is 12.7 Å². The van der Waals surface area contributed by atoms with Gasteiger partial charge in [0.15, 0.2) is 5.16 Å². The van der Waals surface area contributed by atoms with Crippen molar-refractivity contribution >= 4 is 11.8 Å². The number of fused-ring (bicyclic) bond motifs is 2. The van der Waals surface area contributed by atoms with Crippen molar-refractivity contribution in [2.45, 2.75) is 89.0 Å². The first-order chi connectivity index (χ1) is 15.1. The molecule has 2 unspecified atom stereocenters. The Balaban J connectivity index is 1.28. The van der Waals surface area contributed by atoms with E-state index in [1.807, 2.05) is 13.0 Å². The number of aromatic nitrogens is 3. The molecule has 2 bridgehead atoms. The number of piperidine rings is 1. The zero-order valence-electron chi connectivity index (χ0n) is 18.5. The molecule has 2 aromatic rings. The van der Waals surface area contributed by atoms with Gasteiger partial charge in [-0.3, -0.25) is 9.47 Å². The van der Waals surface area contributed by atoms with Crippen molar-refractivity contribution in [1.82, 2.24) is 19.2 Å². The van der Waals surface area contributed by atoms with Crippen LogP contribution in [0.25, 0.3) is 0 Å². The lowest BCUT2D eigenvalue weighted by atomic mass is 9.99. The molecule has 170 valence electrons. The number of ether oxygens (including phenoxy) is 1. The van der Waals surface area contributed by atoms with Crippen LogP contribution in [0, 0.1) is 5.82 Å². The maximum absolute atomic E-state index is 13.9. The zero-order valence-corrected chi connectivity index (χ0v) is 19.3. The molecule has 6 nitrogen and oxygen atoms in total. The largest absolute Gasteiger partial charge is 0.373 e. The standard InChI is InChI=1S/C23H33FN4O2S/c1-3-26-22(31-4-2)25-28(23(26)29)13-7-12-27-18-10-11-19(27)15-20(14-18)30-16-17-8-5-6-9-21(17)24/h5-6,8-9,18-20H,3-4,7,10-16H2,1-2H3. The van der Waals surface area contributed by atoms with Crippen LogP contribution in [-0.4, -0.2) is 49.7 Å². The molecule has 0 amide bonds. The Morgan fingerprint density at radius 3 is 2.58 bits per heavy atom. The van der Waals surface area contributed by atoms with E-state index in [1.165, 1.54) is 18.9 Å². The smallest absolute Gasteiger partial charge is 0.346 e. The van der Waals surface area contributed by atoms with Gasteiger partial charge in [-0.25, -0.2) is 13.9 Å². The van der Waals surface area contributed by atoms with Gasteiger partial charge in [-0.2, -0.15) is 0 Å². The second kappa shape index (κ2) is 10.3. The normalized spacial score (nSPS) is 23.5. The first-order valence-electron chi connectivity index (χ1n) is 11.5. The third kappa shape index (κ3) is 5.07. The summed E-state index contributed by atoms with van der Waals surface area (Å²) in [4.78, 5) is 15.2. The topological polar surface area (TPSA) is 52.3 Å². The summed E-state index contributed by atoms with van der Waals surface area (Å²) in [5, 5.41) is 5.36. The second-order valence-corrected chi connectivity index (χ2v) is 9.67. The lowest BCUT2D eigenvalue weighted by Crippen LogP contribution is -2.46. The molecule has 0 N–H and O–H groups in total. The van der Waals surface area contributed by atoms with Crippen LogP contribution in [0.2, 0.25) is 0 Å². The second-order valence-electron chi connectivity index (χ2n) is 8.44. The summed E-state index contributed by atoms with van der Waals surface area (Å²) in [6.07, 6.45) is 5.53. The Morgan fingerprint density at radius 1 is 1.16 bits per heavy atom. The van der Waals surface area contributed by atoms with Crippen molar-refractivity contribution in [2.75, 3.05) is 12.3 Å². The van der Waals surface area contributed by atoms with Crippen LogP contribution in [-0.2, 0) is 24.4 Å². The fourth-order valence-electron chi connectivity index (χ4n) is 5.02. The lowest BCUT2D eigenvalue weighted by molar-refractivity contribution is -0.0293. The quantitative estimate of drug-likeness (QED) is 0.516. The molecule has 2 fully saturated rings. The molecule has 1 aromatic carbocycles. The molecule has 0 saturated carbocycles. The highest BCUT2D eigenvalue weighted by Crippen LogP contribution is 2.37. The molecule has 8 heteroatoms. The van der Waals surface area contributed by atoms with Crippen LogP contribution in [0.3, 0.4) is 0 Å². The fraction of sp³-hybridized carbons (Fsp3) is 0.652. The minimum Gasteiger partial charge on any atom is -0.373 e. The van der Waals surface area contributed by atoms with Crippen LogP contribution < -0.4 is 5.69 Å². The number of thioether (sulfide) groups is 1. The van der Waals surface area contributed by atoms with Gasteiger partial charge in [0.1, 0.15) is 5.82 Å². The zero-order chi connectivity index (χ0) is 21.8. The Morgan fingerprint density at radius 2 is 1.90 bits per heavy atom. The molecule has 2 aliphatic heterocycles. The van der Waals surface area contributed by atoms with Crippen LogP contribution in [0.1, 0.15) is 51.5 Å². The summed E-state index contributed by atoms with van der Waals surface area (Å²) in [5.41, 5.74) is 0.636. The van der Waals surface area contributed by atoms with Gasteiger partial charge in [-0.15, -0.1) is 5.10 Å². The number of halogens is 1. The maximum atomic E-state index is 13.9. The Kier molecular flexibility index (Phi) is 7.51. The molecule has 1 aromatic heterocycles. The van der Waals surface area contributed by atoms with E-state index in [2.05, 4.69) is 16.9 Å². The third-order valence-electron chi connectivity index (χ3n) is 6.54. The van der Waals surface area contributed by atoms with Gasteiger partial charge in [0.2, 0.25) is 0 Å². The number of benzene rings is 1. The number of aryl methyl sites for hydroxylation is 1. The van der Waals surface area contributed by atoms with E-state index in [-0.39, 0.29) is 17.6 Å². The Bertz CT molecular complexity index is 917. The number of hydrogen-bond donors (Lipinski definition) is 0. The van der Waals surface area contributed by atoms with E-state index < -0.39 is 0 Å². The van der Waals surface area contributed by atoms with Gasteiger partial charge in [0, 0.05) is 37.3 Å². The summed E-state index contributed by atoms with van der Waals surface area (Å²) >= 11 is 1.62. The molecule has 0 spiro atoms. The van der Waals surface area contributed by atoms with E-state index in [0.29, 0.717) is 37.3 Å². The maximum Gasteiger partial charge on any atom is 0.346 e. The summed E-state index contributed by atoms with van der Waals surface area (Å²) in [6, 6.07) is 7.91. The van der Waals surface area contributed by atoms with Crippen molar-refractivity contribution in [1.29, 1.82) is 0 Å². The van der Waals surface area contributed by atoms with Gasteiger partial charge in [-0.1, -0.05) is 36.9 Å². The molecule has 2 saturated heterocycles. The summed E-state index contributed by atoms with van der Waals surface area (Å²) in [6.45, 7) is 6.71. The van der Waals surface area contributed by atoms with Crippen molar-refractivity contribution in [3.8, 4) is 0 Å². The molecule has 31 heavy (non-hydrogen) atoms. The van der Waals surface area contributed by atoms with Gasteiger partial charge in [0.25, 0.3) is 0 Å². The van der Waals surface area contributed by atoms with Gasteiger partial charge in [-0.05, 0) is 50.8 Å². The molecule has 2 aliphatic rings. The molecule has 4 rings (SSSR count). The lowest BCUT2D eigenvalue weighted by Gasteiger charge is -2.38. The van der Waals surface area contributed by atoms with E-state index >= 15 is 0 Å². The minimum atomic E-state index is -0.191. The van der Waals surface area contributed by atoms with Crippen LogP contribution in [0.15, 0.2) is 34.2 Å². The minimum absolute atomic E-state index is 0.00155. The van der Waals surface area contributed by atoms with Crippen LogP contribution in [0.5, 0.6) is 0 Å².